The van der Waals surface area contributed by atoms with Gasteiger partial charge in [0.25, 0.3) is 0 Å². The summed E-state index contributed by atoms with van der Waals surface area (Å²) in [5.74, 6) is 1.07. The fourth-order valence-electron chi connectivity index (χ4n) is 1.07. The lowest BCUT2D eigenvalue weighted by Crippen LogP contribution is -2.04. The van der Waals surface area contributed by atoms with Gasteiger partial charge in [0.1, 0.15) is 18.0 Å². The van der Waals surface area contributed by atoms with Crippen molar-refractivity contribution < 1.29 is 22.4 Å². The molecule has 0 aliphatic heterocycles. The largest absolute Gasteiger partial charge is 0.399 e. The van der Waals surface area contributed by atoms with Crippen LogP contribution in [0, 0.1) is 0 Å². The highest BCUT2D eigenvalue weighted by Gasteiger charge is 2.08. The molecule has 1 aromatic rings. The summed E-state index contributed by atoms with van der Waals surface area (Å²) in [5, 5.41) is 0.209. The molecule has 0 amide bonds. The van der Waals surface area contributed by atoms with Gasteiger partial charge in [-0.1, -0.05) is 0 Å². The van der Waals surface area contributed by atoms with Crippen molar-refractivity contribution in [3.63, 3.8) is 0 Å². The van der Waals surface area contributed by atoms with Gasteiger partial charge in [-0.05, 0) is 23.8 Å². The Hall–Kier alpha value is -1.86. The molecule has 0 bridgehead atoms. The summed E-state index contributed by atoms with van der Waals surface area (Å²) in [5.41, 5.74) is 12.4. The van der Waals surface area contributed by atoms with Gasteiger partial charge in [0, 0.05) is 11.4 Å². The molecule has 0 fully saturated rings. The molecule has 0 aliphatic rings. The van der Waals surface area contributed by atoms with Gasteiger partial charge in [0.15, 0.2) is 0 Å². The molecule has 8 heteroatoms. The van der Waals surface area contributed by atoms with Crippen LogP contribution in [0.1, 0.15) is 5.56 Å². The lowest BCUT2D eigenvalue weighted by molar-refractivity contribution is -0.211. The highest BCUT2D eigenvalue weighted by molar-refractivity contribution is 7.89. The van der Waals surface area contributed by atoms with E-state index in [4.69, 9.17) is 11.5 Å². The van der Waals surface area contributed by atoms with Crippen LogP contribution in [0.25, 0.3) is 0 Å². The zero-order valence-corrected chi connectivity index (χ0v) is 9.44. The van der Waals surface area contributed by atoms with Crippen molar-refractivity contribution in [1.82, 2.24) is 0 Å². The van der Waals surface area contributed by atoms with E-state index < -0.39 is 10.1 Å². The molecule has 92 valence electrons. The molecular weight excluding hydrogens is 248 g/mol. The van der Waals surface area contributed by atoms with Gasteiger partial charge in [-0.15, -0.1) is 4.33 Å². The molecule has 0 aromatic heterocycles. The highest BCUT2D eigenvalue weighted by Crippen LogP contribution is 2.14. The number of rotatable bonds is 5. The Labute approximate surface area is 97.7 Å². The molecule has 0 radical (unpaired) electrons. The van der Waals surface area contributed by atoms with Gasteiger partial charge < -0.3 is 11.5 Å². The fourth-order valence-corrected chi connectivity index (χ4v) is 1.41. The molecular formula is C9H10N2O5S. The van der Waals surface area contributed by atoms with E-state index >= 15 is 0 Å². The molecule has 7 nitrogen and oxygen atoms in total. The zero-order valence-electron chi connectivity index (χ0n) is 8.62. The quantitative estimate of drug-likeness (QED) is 0.329. The number of benzene rings is 1. The summed E-state index contributed by atoms with van der Waals surface area (Å²) in [7, 11) is -4.16. The summed E-state index contributed by atoms with van der Waals surface area (Å²) in [6.07, 6.45) is 0. The molecule has 1 rings (SSSR count). The minimum atomic E-state index is -4.16. The van der Waals surface area contributed by atoms with E-state index in [-0.39, 0.29) is 12.0 Å². The summed E-state index contributed by atoms with van der Waals surface area (Å²) in [4.78, 5) is 14.3. The van der Waals surface area contributed by atoms with Crippen molar-refractivity contribution in [2.45, 2.75) is 6.61 Å². The third kappa shape index (κ3) is 4.66. The Bertz CT molecular complexity index is 528. The van der Waals surface area contributed by atoms with Crippen molar-refractivity contribution in [1.29, 1.82) is 0 Å². The summed E-state index contributed by atoms with van der Waals surface area (Å²) < 4.78 is 25.7. The minimum Gasteiger partial charge on any atom is -0.399 e. The summed E-state index contributed by atoms with van der Waals surface area (Å²) in [6.45, 7) is -0.179. The van der Waals surface area contributed by atoms with Gasteiger partial charge >= 0.3 is 10.1 Å². The number of hydrogen-bond acceptors (Lipinski definition) is 7. The van der Waals surface area contributed by atoms with Gasteiger partial charge in [-0.3, -0.25) is 0 Å². The van der Waals surface area contributed by atoms with Gasteiger partial charge in [0.05, 0.1) is 0 Å². The zero-order chi connectivity index (χ0) is 12.9. The summed E-state index contributed by atoms with van der Waals surface area (Å²) >= 11 is 0. The smallest absolute Gasteiger partial charge is 0.326 e. The Balaban J connectivity index is 2.60. The number of nitrogens with two attached hydrogens (primary N) is 2. The second kappa shape index (κ2) is 5.46. The standard InChI is InChI=1S/C9H10N2O5S/c10-8-3-7(4-9(11)5-8)6-15-16-17(13,14)2-1-12/h2-5H,6,10-11H2. The van der Waals surface area contributed by atoms with Crippen molar-refractivity contribution in [3.05, 3.63) is 29.2 Å². The van der Waals surface area contributed by atoms with Gasteiger partial charge in [-0.25, -0.2) is 9.68 Å². The van der Waals surface area contributed by atoms with Crippen molar-refractivity contribution in [2.24, 2.45) is 0 Å². The van der Waals surface area contributed by atoms with Crippen LogP contribution in [0.5, 0.6) is 0 Å². The average Bonchev–Trinajstić information content (AvgIpc) is 2.15. The normalized spacial score (nSPS) is 10.8. The first-order chi connectivity index (χ1) is 7.93. The van der Waals surface area contributed by atoms with Crippen LogP contribution in [0.3, 0.4) is 0 Å². The molecule has 0 atom stereocenters. The van der Waals surface area contributed by atoms with E-state index in [0.29, 0.717) is 16.9 Å². The molecule has 0 saturated carbocycles. The maximum absolute atomic E-state index is 10.8. The first-order valence-electron chi connectivity index (χ1n) is 4.35. The fraction of sp³-hybridized carbons (Fsp3) is 0.111. The van der Waals surface area contributed by atoms with Crippen LogP contribution in [0.15, 0.2) is 23.6 Å². The van der Waals surface area contributed by atoms with E-state index in [0.717, 1.165) is 5.94 Å². The van der Waals surface area contributed by atoms with Gasteiger partial charge in [0.2, 0.25) is 0 Å². The molecule has 0 heterocycles. The lowest BCUT2D eigenvalue weighted by Gasteiger charge is -2.04. The Morgan fingerprint density at radius 1 is 1.24 bits per heavy atom. The molecule has 17 heavy (non-hydrogen) atoms. The molecule has 0 spiro atoms. The Morgan fingerprint density at radius 3 is 2.35 bits per heavy atom. The number of carbonyl (C=O) groups excluding carboxylic acids is 1. The number of anilines is 2. The SMILES string of the molecule is Nc1cc(N)cc(COOS(=O)(=O)C=C=O)c1. The monoisotopic (exact) mass is 258 g/mol. The van der Waals surface area contributed by atoms with Crippen molar-refractivity contribution in [3.8, 4) is 0 Å². The Morgan fingerprint density at radius 2 is 1.82 bits per heavy atom. The second-order valence-corrected chi connectivity index (χ2v) is 4.42. The maximum Gasteiger partial charge on any atom is 0.326 e. The number of hydrogen-bond donors (Lipinski definition) is 2. The molecule has 0 unspecified atom stereocenters. The molecule has 4 N–H and O–H groups in total. The van der Waals surface area contributed by atoms with E-state index in [1.807, 2.05) is 0 Å². The average molecular weight is 258 g/mol. The van der Waals surface area contributed by atoms with E-state index in [1.165, 1.54) is 6.07 Å². The topological polar surface area (TPSA) is 122 Å². The lowest BCUT2D eigenvalue weighted by atomic mass is 10.2. The minimum absolute atomic E-state index is 0.179. The van der Waals surface area contributed by atoms with Crippen LogP contribution in [0.4, 0.5) is 11.4 Å². The van der Waals surface area contributed by atoms with Crippen LogP contribution in [-0.4, -0.2) is 14.4 Å². The Kier molecular flexibility index (Phi) is 4.24. The van der Waals surface area contributed by atoms with Crippen LogP contribution in [-0.2, 0) is 30.7 Å². The van der Waals surface area contributed by atoms with Crippen LogP contribution < -0.4 is 11.5 Å². The predicted octanol–water partition coefficient (Wildman–Crippen LogP) is -0.0257. The first-order valence-corrected chi connectivity index (χ1v) is 5.82. The third-order valence-electron chi connectivity index (χ3n) is 1.60. The van der Waals surface area contributed by atoms with Crippen molar-refractivity contribution in [2.75, 3.05) is 11.5 Å². The van der Waals surface area contributed by atoms with Crippen molar-refractivity contribution >= 4 is 27.4 Å². The maximum atomic E-state index is 10.8. The molecule has 0 aliphatic carbocycles. The second-order valence-electron chi connectivity index (χ2n) is 3.07. The van der Waals surface area contributed by atoms with Crippen LogP contribution >= 0.6 is 0 Å². The summed E-state index contributed by atoms with van der Waals surface area (Å²) in [6, 6.07) is 4.63. The van der Waals surface area contributed by atoms with E-state index in [9.17, 15) is 13.2 Å². The van der Waals surface area contributed by atoms with E-state index in [1.54, 1.807) is 12.1 Å². The third-order valence-corrected chi connectivity index (χ3v) is 2.27. The van der Waals surface area contributed by atoms with E-state index in [2.05, 4.69) is 9.22 Å². The van der Waals surface area contributed by atoms with Gasteiger partial charge in [-0.2, -0.15) is 8.42 Å². The highest BCUT2D eigenvalue weighted by atomic mass is 32.2. The molecule has 0 saturated heterocycles. The predicted molar refractivity (Wildman–Crippen MR) is 60.3 cm³/mol. The first kappa shape index (κ1) is 13.2. The van der Waals surface area contributed by atoms with Crippen LogP contribution in [0.2, 0.25) is 0 Å². The molecule has 1 aromatic carbocycles. The number of nitrogen functional groups attached to an aromatic ring is 2.